The number of carbonyl (C=O) groups excluding carboxylic acids is 3. The number of piperazine rings is 1. The van der Waals surface area contributed by atoms with Gasteiger partial charge in [0.15, 0.2) is 11.5 Å². The average molecular weight is 634 g/mol. The molecule has 3 heterocycles. The van der Waals surface area contributed by atoms with Crippen LogP contribution in [0, 0.1) is 0 Å². The largest absolute Gasteiger partial charge is 0.493 e. The number of fused-ring (bicyclic) bond motifs is 1. The lowest BCUT2D eigenvalue weighted by molar-refractivity contribution is -0.119. The van der Waals surface area contributed by atoms with Crippen LogP contribution < -0.4 is 20.1 Å². The van der Waals surface area contributed by atoms with E-state index in [4.69, 9.17) is 15.2 Å². The third-order valence-corrected chi connectivity index (χ3v) is 9.42. The van der Waals surface area contributed by atoms with Crippen LogP contribution in [-0.4, -0.2) is 72.9 Å². The standard InChI is InChI=1S/C37H39N5O5/c1-24(25-8-5-4-6-9-25)40-18-20-41(21-19-40)30-11-7-10-28-34(30)37(45)42(36(28)44)31(27-12-13-32(46-2)33(22-27)47-3)23-29(35(38)43)26-14-16-39-17-15-26/h4-17,22,24,29,31H,18-21,23H2,1-3H3,(H2,38,43). The predicted octanol–water partition coefficient (Wildman–Crippen LogP) is 4.98. The number of anilines is 1. The Balaban J connectivity index is 1.33. The molecule has 242 valence electrons. The van der Waals surface area contributed by atoms with Crippen molar-refractivity contribution < 1.29 is 23.9 Å². The summed E-state index contributed by atoms with van der Waals surface area (Å²) in [6.07, 6.45) is 3.25. The van der Waals surface area contributed by atoms with E-state index in [0.717, 1.165) is 18.8 Å². The van der Waals surface area contributed by atoms with E-state index in [-0.39, 0.29) is 12.5 Å². The molecule has 4 aromatic rings. The fourth-order valence-corrected chi connectivity index (χ4v) is 6.81. The van der Waals surface area contributed by atoms with Crippen LogP contribution in [0.3, 0.4) is 0 Å². The Morgan fingerprint density at radius 3 is 2.17 bits per heavy atom. The molecule has 3 unspecified atom stereocenters. The van der Waals surface area contributed by atoms with Crippen molar-refractivity contribution in [1.82, 2.24) is 14.8 Å². The fourth-order valence-electron chi connectivity index (χ4n) is 6.81. The molecule has 2 N–H and O–H groups in total. The maximum absolute atomic E-state index is 14.5. The molecule has 0 radical (unpaired) electrons. The van der Waals surface area contributed by atoms with Crippen molar-refractivity contribution in [3.8, 4) is 11.5 Å². The van der Waals surface area contributed by atoms with Gasteiger partial charge in [-0.1, -0.05) is 42.5 Å². The number of hydrogen-bond donors (Lipinski definition) is 1. The molecule has 2 aliphatic rings. The quantitative estimate of drug-likeness (QED) is 0.230. The second-order valence-electron chi connectivity index (χ2n) is 11.9. The highest BCUT2D eigenvalue weighted by Gasteiger charge is 2.44. The molecule has 10 heteroatoms. The predicted molar refractivity (Wildman–Crippen MR) is 179 cm³/mol. The number of pyridine rings is 1. The molecule has 47 heavy (non-hydrogen) atoms. The number of rotatable bonds is 11. The lowest BCUT2D eigenvalue weighted by Gasteiger charge is -2.39. The smallest absolute Gasteiger partial charge is 0.264 e. The van der Waals surface area contributed by atoms with Crippen molar-refractivity contribution in [3.63, 3.8) is 0 Å². The normalized spacial score (nSPS) is 16.8. The first kappa shape index (κ1) is 31.7. The SMILES string of the molecule is COc1ccc(C(CC(C(N)=O)c2ccncc2)N2C(=O)c3cccc(N4CCN(C(C)c5ccccc5)CC4)c3C2=O)cc1OC. The zero-order valence-corrected chi connectivity index (χ0v) is 26.8. The van der Waals surface area contributed by atoms with Crippen LogP contribution in [0.25, 0.3) is 0 Å². The second-order valence-corrected chi connectivity index (χ2v) is 11.9. The molecule has 1 fully saturated rings. The summed E-state index contributed by atoms with van der Waals surface area (Å²) in [5.74, 6) is -1.24. The van der Waals surface area contributed by atoms with Gasteiger partial charge in [-0.15, -0.1) is 0 Å². The molecule has 1 aromatic heterocycles. The van der Waals surface area contributed by atoms with Gasteiger partial charge in [0.25, 0.3) is 11.8 Å². The number of amides is 3. The average Bonchev–Trinajstić information content (AvgIpc) is 3.37. The minimum atomic E-state index is -0.829. The first-order valence-corrected chi connectivity index (χ1v) is 15.8. The van der Waals surface area contributed by atoms with Gasteiger partial charge >= 0.3 is 0 Å². The van der Waals surface area contributed by atoms with Crippen molar-refractivity contribution >= 4 is 23.4 Å². The maximum Gasteiger partial charge on any atom is 0.264 e. The molecular weight excluding hydrogens is 594 g/mol. The van der Waals surface area contributed by atoms with Crippen molar-refractivity contribution in [2.45, 2.75) is 31.3 Å². The molecule has 3 amide bonds. The lowest BCUT2D eigenvalue weighted by atomic mass is 9.88. The summed E-state index contributed by atoms with van der Waals surface area (Å²) in [5, 5.41) is 0. The van der Waals surface area contributed by atoms with Crippen LogP contribution in [0.2, 0.25) is 0 Å². The van der Waals surface area contributed by atoms with E-state index >= 15 is 0 Å². The minimum Gasteiger partial charge on any atom is -0.493 e. The molecule has 0 spiro atoms. The highest BCUT2D eigenvalue weighted by Crippen LogP contribution is 2.42. The van der Waals surface area contributed by atoms with Crippen molar-refractivity contribution in [2.75, 3.05) is 45.3 Å². The Morgan fingerprint density at radius 2 is 1.51 bits per heavy atom. The van der Waals surface area contributed by atoms with E-state index in [1.807, 2.05) is 18.2 Å². The van der Waals surface area contributed by atoms with Crippen molar-refractivity contribution in [1.29, 1.82) is 0 Å². The molecule has 6 rings (SSSR count). The molecule has 10 nitrogen and oxygen atoms in total. The zero-order chi connectivity index (χ0) is 33.1. The molecular formula is C37H39N5O5. The summed E-state index contributed by atoms with van der Waals surface area (Å²) in [4.78, 5) is 51.6. The van der Waals surface area contributed by atoms with Crippen LogP contribution in [0.5, 0.6) is 11.5 Å². The van der Waals surface area contributed by atoms with Gasteiger partial charge in [-0.2, -0.15) is 0 Å². The fraction of sp³-hybridized carbons (Fsp3) is 0.297. The number of benzene rings is 3. The lowest BCUT2D eigenvalue weighted by Crippen LogP contribution is -2.47. The number of imide groups is 1. The van der Waals surface area contributed by atoms with Gasteiger partial charge in [0.2, 0.25) is 5.91 Å². The third kappa shape index (κ3) is 6.16. The minimum absolute atomic E-state index is 0.0751. The summed E-state index contributed by atoms with van der Waals surface area (Å²) >= 11 is 0. The zero-order valence-electron chi connectivity index (χ0n) is 26.8. The Kier molecular flexibility index (Phi) is 9.22. The van der Waals surface area contributed by atoms with Crippen LogP contribution >= 0.6 is 0 Å². The maximum atomic E-state index is 14.5. The number of nitrogens with two attached hydrogens (primary N) is 1. The summed E-state index contributed by atoms with van der Waals surface area (Å²) in [5.41, 5.74) is 9.93. The summed E-state index contributed by atoms with van der Waals surface area (Å²) < 4.78 is 11.0. The van der Waals surface area contributed by atoms with E-state index in [1.54, 1.807) is 48.8 Å². The van der Waals surface area contributed by atoms with Crippen LogP contribution in [0.15, 0.2) is 91.3 Å². The first-order chi connectivity index (χ1) is 22.8. The van der Waals surface area contributed by atoms with E-state index in [9.17, 15) is 14.4 Å². The van der Waals surface area contributed by atoms with E-state index in [1.165, 1.54) is 24.7 Å². The van der Waals surface area contributed by atoms with Gasteiger partial charge in [-0.05, 0) is 66.4 Å². The monoisotopic (exact) mass is 633 g/mol. The van der Waals surface area contributed by atoms with Gasteiger partial charge < -0.3 is 20.1 Å². The summed E-state index contributed by atoms with van der Waals surface area (Å²) in [7, 11) is 3.06. The molecule has 3 aromatic carbocycles. The molecule has 2 aliphatic heterocycles. The summed E-state index contributed by atoms with van der Waals surface area (Å²) in [6, 6.07) is 24.0. The highest BCUT2D eigenvalue weighted by molar-refractivity contribution is 6.24. The number of hydrogen-bond acceptors (Lipinski definition) is 8. The van der Waals surface area contributed by atoms with Crippen molar-refractivity contribution in [3.05, 3.63) is 119 Å². The number of aromatic nitrogens is 1. The molecule has 0 saturated carbocycles. The third-order valence-electron chi connectivity index (χ3n) is 9.42. The Morgan fingerprint density at radius 1 is 0.809 bits per heavy atom. The Hall–Kier alpha value is -5.22. The van der Waals surface area contributed by atoms with Gasteiger partial charge in [-0.25, -0.2) is 0 Å². The summed E-state index contributed by atoms with van der Waals surface area (Å²) in [6.45, 7) is 5.25. The van der Waals surface area contributed by atoms with Crippen LogP contribution in [0.1, 0.15) is 68.8 Å². The van der Waals surface area contributed by atoms with Gasteiger partial charge in [-0.3, -0.25) is 29.2 Å². The molecule has 0 aliphatic carbocycles. The number of ether oxygens (including phenoxy) is 2. The molecule has 0 bridgehead atoms. The second kappa shape index (κ2) is 13.6. The van der Waals surface area contributed by atoms with Gasteiger partial charge in [0, 0.05) is 44.6 Å². The van der Waals surface area contributed by atoms with E-state index in [2.05, 4.69) is 46.0 Å². The van der Waals surface area contributed by atoms with Gasteiger partial charge in [0.1, 0.15) is 0 Å². The molecule has 1 saturated heterocycles. The number of carbonyl (C=O) groups is 3. The Labute approximate surface area is 274 Å². The van der Waals surface area contributed by atoms with E-state index < -0.39 is 29.7 Å². The molecule has 3 atom stereocenters. The number of methoxy groups -OCH3 is 2. The van der Waals surface area contributed by atoms with Gasteiger partial charge in [0.05, 0.1) is 43.0 Å². The number of primary amides is 1. The van der Waals surface area contributed by atoms with Crippen LogP contribution in [0.4, 0.5) is 5.69 Å². The van der Waals surface area contributed by atoms with Crippen molar-refractivity contribution in [2.24, 2.45) is 5.73 Å². The number of nitrogens with zero attached hydrogens (tertiary/aromatic N) is 4. The van der Waals surface area contributed by atoms with Crippen LogP contribution in [-0.2, 0) is 4.79 Å². The highest BCUT2D eigenvalue weighted by atomic mass is 16.5. The first-order valence-electron chi connectivity index (χ1n) is 15.8. The topological polar surface area (TPSA) is 118 Å². The Bertz CT molecular complexity index is 1760. The van der Waals surface area contributed by atoms with E-state index in [0.29, 0.717) is 46.8 Å².